The lowest BCUT2D eigenvalue weighted by atomic mass is 10.1. The van der Waals surface area contributed by atoms with E-state index in [4.69, 9.17) is 4.74 Å². The molecule has 0 amide bonds. The molecular formula is C24H25NO3S. The second-order valence-electron chi connectivity index (χ2n) is 7.01. The van der Waals surface area contributed by atoms with Crippen LogP contribution in [0, 0.1) is 20.8 Å². The second kappa shape index (κ2) is 9.14. The maximum Gasteiger partial charge on any atom is 0.316 e. The number of esters is 1. The summed E-state index contributed by atoms with van der Waals surface area (Å²) in [5, 5.41) is 0. The van der Waals surface area contributed by atoms with Crippen LogP contribution in [0.2, 0.25) is 0 Å². The van der Waals surface area contributed by atoms with Gasteiger partial charge in [0.1, 0.15) is 0 Å². The fourth-order valence-electron chi connectivity index (χ4n) is 3.35. The van der Waals surface area contributed by atoms with Gasteiger partial charge in [-0.25, -0.2) is 0 Å². The Morgan fingerprint density at radius 1 is 1.00 bits per heavy atom. The third kappa shape index (κ3) is 4.80. The molecule has 29 heavy (non-hydrogen) atoms. The summed E-state index contributed by atoms with van der Waals surface area (Å²) < 4.78 is 7.46. The predicted molar refractivity (Wildman–Crippen MR) is 117 cm³/mol. The molecule has 1 atom stereocenters. The van der Waals surface area contributed by atoms with Gasteiger partial charge in [-0.2, -0.15) is 0 Å². The van der Waals surface area contributed by atoms with Gasteiger partial charge in [0.2, 0.25) is 5.78 Å². The molecule has 4 nitrogen and oxygen atoms in total. The highest BCUT2D eigenvalue weighted by Crippen LogP contribution is 2.24. The Morgan fingerprint density at radius 3 is 2.34 bits per heavy atom. The third-order valence-corrected chi connectivity index (χ3v) is 5.98. The first kappa shape index (κ1) is 20.9. The van der Waals surface area contributed by atoms with E-state index in [-0.39, 0.29) is 11.5 Å². The quantitative estimate of drug-likeness (QED) is 0.303. The molecule has 0 aliphatic carbocycles. The molecule has 1 aromatic heterocycles. The van der Waals surface area contributed by atoms with Crippen LogP contribution in [0.3, 0.4) is 0 Å². The first-order valence-corrected chi connectivity index (χ1v) is 10.5. The number of rotatable bonds is 7. The molecule has 2 aromatic carbocycles. The van der Waals surface area contributed by atoms with E-state index < -0.39 is 12.1 Å². The van der Waals surface area contributed by atoms with E-state index in [0.717, 1.165) is 27.5 Å². The van der Waals surface area contributed by atoms with E-state index in [1.807, 2.05) is 86.0 Å². The highest BCUT2D eigenvalue weighted by atomic mass is 32.2. The van der Waals surface area contributed by atoms with Crippen molar-refractivity contribution < 1.29 is 14.3 Å². The Hall–Kier alpha value is -2.79. The molecule has 3 aromatic rings. The molecule has 150 valence electrons. The summed E-state index contributed by atoms with van der Waals surface area (Å²) in [6, 6.07) is 19.6. The first-order chi connectivity index (χ1) is 13.9. The summed E-state index contributed by atoms with van der Waals surface area (Å²) in [5.41, 5.74) is 4.50. The van der Waals surface area contributed by atoms with Crippen LogP contribution >= 0.6 is 11.8 Å². The van der Waals surface area contributed by atoms with E-state index in [1.54, 1.807) is 6.92 Å². The average molecular weight is 408 g/mol. The molecule has 0 saturated heterocycles. The SMILES string of the molecule is Cc1ccccc1SCC(=O)O[C@@H](C)C(=O)c1cc(C)n(-c2ccccc2)c1C. The van der Waals surface area contributed by atoms with Crippen LogP contribution in [-0.2, 0) is 9.53 Å². The Labute approximate surface area is 175 Å². The Bertz CT molecular complexity index is 1020. The monoisotopic (exact) mass is 407 g/mol. The molecule has 0 N–H and O–H groups in total. The van der Waals surface area contributed by atoms with Crippen molar-refractivity contribution in [2.24, 2.45) is 0 Å². The van der Waals surface area contributed by atoms with Crippen molar-refractivity contribution in [3.8, 4) is 5.69 Å². The number of ketones is 1. The minimum atomic E-state index is -0.829. The van der Waals surface area contributed by atoms with Crippen LogP contribution in [0.4, 0.5) is 0 Å². The van der Waals surface area contributed by atoms with Gasteiger partial charge in [-0.1, -0.05) is 36.4 Å². The van der Waals surface area contributed by atoms with E-state index in [2.05, 4.69) is 0 Å². The molecule has 0 aliphatic rings. The van der Waals surface area contributed by atoms with E-state index in [9.17, 15) is 9.59 Å². The van der Waals surface area contributed by atoms with Crippen LogP contribution in [0.25, 0.3) is 5.69 Å². The highest BCUT2D eigenvalue weighted by molar-refractivity contribution is 8.00. The van der Waals surface area contributed by atoms with Crippen molar-refractivity contribution in [2.75, 3.05) is 5.75 Å². The van der Waals surface area contributed by atoms with Gasteiger partial charge in [0, 0.05) is 27.5 Å². The van der Waals surface area contributed by atoms with Crippen molar-refractivity contribution in [1.82, 2.24) is 4.57 Å². The standard InChI is InChI=1S/C24H25NO3S/c1-16-10-8-9-13-22(16)29-15-23(26)28-19(4)24(27)21-14-17(2)25(18(21)3)20-11-6-5-7-12-20/h5-14,19H,15H2,1-4H3/t19-/m0/s1. The number of para-hydroxylation sites is 1. The summed E-state index contributed by atoms with van der Waals surface area (Å²) in [7, 11) is 0. The first-order valence-electron chi connectivity index (χ1n) is 9.55. The van der Waals surface area contributed by atoms with Gasteiger partial charge < -0.3 is 9.30 Å². The maximum absolute atomic E-state index is 12.9. The lowest BCUT2D eigenvalue weighted by Gasteiger charge is -2.13. The number of Topliss-reactive ketones (excluding diaryl/α,β-unsaturated/α-hetero) is 1. The minimum Gasteiger partial charge on any atom is -0.454 e. The molecule has 3 rings (SSSR count). The molecule has 0 saturated carbocycles. The molecule has 0 aliphatic heterocycles. The lowest BCUT2D eigenvalue weighted by Crippen LogP contribution is -2.25. The zero-order valence-corrected chi connectivity index (χ0v) is 18.0. The Morgan fingerprint density at radius 2 is 1.66 bits per heavy atom. The second-order valence-corrected chi connectivity index (χ2v) is 8.02. The molecule has 5 heteroatoms. The van der Waals surface area contributed by atoms with Crippen molar-refractivity contribution in [2.45, 2.75) is 38.7 Å². The molecule has 1 heterocycles. The number of hydrogen-bond acceptors (Lipinski definition) is 4. The number of carbonyl (C=O) groups excluding carboxylic acids is 2. The number of aryl methyl sites for hydroxylation is 2. The number of aromatic nitrogens is 1. The summed E-state index contributed by atoms with van der Waals surface area (Å²) in [6.07, 6.45) is -0.829. The zero-order chi connectivity index (χ0) is 21.0. The van der Waals surface area contributed by atoms with Crippen molar-refractivity contribution in [3.63, 3.8) is 0 Å². The molecule has 0 unspecified atom stereocenters. The summed E-state index contributed by atoms with van der Waals surface area (Å²) >= 11 is 1.42. The predicted octanol–water partition coefficient (Wildman–Crippen LogP) is 5.31. The maximum atomic E-state index is 12.9. The van der Waals surface area contributed by atoms with Gasteiger partial charge in [-0.3, -0.25) is 9.59 Å². The van der Waals surface area contributed by atoms with E-state index in [0.29, 0.717) is 5.56 Å². The molecule has 0 bridgehead atoms. The third-order valence-electron chi connectivity index (χ3n) is 4.83. The Kier molecular flexibility index (Phi) is 6.60. The fourth-order valence-corrected chi connectivity index (χ4v) is 4.16. The highest BCUT2D eigenvalue weighted by Gasteiger charge is 2.24. The van der Waals surface area contributed by atoms with Crippen molar-refractivity contribution in [3.05, 3.63) is 83.2 Å². The largest absolute Gasteiger partial charge is 0.454 e. The number of benzene rings is 2. The van der Waals surface area contributed by atoms with Crippen molar-refractivity contribution in [1.29, 1.82) is 0 Å². The van der Waals surface area contributed by atoms with Crippen molar-refractivity contribution >= 4 is 23.5 Å². The van der Waals surface area contributed by atoms with Gasteiger partial charge >= 0.3 is 5.97 Å². The van der Waals surface area contributed by atoms with Gasteiger partial charge in [0.15, 0.2) is 6.10 Å². The molecule has 0 fully saturated rings. The van der Waals surface area contributed by atoms with Gasteiger partial charge in [-0.05, 0) is 57.5 Å². The Balaban J connectivity index is 1.67. The van der Waals surface area contributed by atoms with E-state index in [1.165, 1.54) is 11.8 Å². The number of nitrogens with zero attached hydrogens (tertiary/aromatic N) is 1. The average Bonchev–Trinajstić information content (AvgIpc) is 3.01. The zero-order valence-electron chi connectivity index (χ0n) is 17.1. The van der Waals surface area contributed by atoms with Crippen LogP contribution in [-0.4, -0.2) is 28.2 Å². The lowest BCUT2D eigenvalue weighted by molar-refractivity contribution is -0.143. The summed E-state index contributed by atoms with van der Waals surface area (Å²) in [6.45, 7) is 7.51. The van der Waals surface area contributed by atoms with Gasteiger partial charge in [0.25, 0.3) is 0 Å². The van der Waals surface area contributed by atoms with Gasteiger partial charge in [-0.15, -0.1) is 11.8 Å². The molecular weight excluding hydrogens is 382 g/mol. The topological polar surface area (TPSA) is 48.3 Å². The van der Waals surface area contributed by atoms with Crippen LogP contribution in [0.15, 0.2) is 65.6 Å². The number of carbonyl (C=O) groups is 2. The number of thioether (sulfide) groups is 1. The molecule has 0 spiro atoms. The smallest absolute Gasteiger partial charge is 0.316 e. The number of ether oxygens (including phenoxy) is 1. The fraction of sp³-hybridized carbons (Fsp3) is 0.250. The summed E-state index contributed by atoms with van der Waals surface area (Å²) in [5.74, 6) is -0.406. The van der Waals surface area contributed by atoms with Gasteiger partial charge in [0.05, 0.1) is 5.75 Å². The number of hydrogen-bond donors (Lipinski definition) is 0. The van der Waals surface area contributed by atoms with Crippen LogP contribution in [0.1, 0.15) is 34.2 Å². The van der Waals surface area contributed by atoms with Crippen LogP contribution < -0.4 is 0 Å². The van der Waals surface area contributed by atoms with E-state index >= 15 is 0 Å². The normalized spacial score (nSPS) is 11.9. The molecule has 0 radical (unpaired) electrons. The van der Waals surface area contributed by atoms with Crippen LogP contribution in [0.5, 0.6) is 0 Å². The summed E-state index contributed by atoms with van der Waals surface area (Å²) in [4.78, 5) is 26.2. The minimum absolute atomic E-state index is 0.172.